The Kier molecular flexibility index (Phi) is 2.79. The third-order valence-electron chi connectivity index (χ3n) is 2.73. The highest BCUT2D eigenvalue weighted by Crippen LogP contribution is 2.28. The van der Waals surface area contributed by atoms with Gasteiger partial charge in [-0.3, -0.25) is 4.90 Å². The van der Waals surface area contributed by atoms with E-state index in [1.807, 2.05) is 0 Å². The van der Waals surface area contributed by atoms with E-state index in [0.29, 0.717) is 6.04 Å². The van der Waals surface area contributed by atoms with Gasteiger partial charge in [0, 0.05) is 18.1 Å². The van der Waals surface area contributed by atoms with Crippen LogP contribution in [0.4, 0.5) is 0 Å². The third kappa shape index (κ3) is 1.99. The first-order valence-electron chi connectivity index (χ1n) is 4.90. The van der Waals surface area contributed by atoms with Crippen molar-refractivity contribution in [1.29, 1.82) is 0 Å². The molecule has 1 rings (SSSR count). The number of aliphatic hydroxyl groups is 1. The van der Waals surface area contributed by atoms with Crippen LogP contribution in [0.1, 0.15) is 40.5 Å². The summed E-state index contributed by atoms with van der Waals surface area (Å²) in [6.07, 6.45) is 2.00. The van der Waals surface area contributed by atoms with Gasteiger partial charge in [-0.2, -0.15) is 0 Å². The molecule has 0 aromatic carbocycles. The second-order valence-corrected chi connectivity index (χ2v) is 4.77. The lowest BCUT2D eigenvalue weighted by molar-refractivity contribution is 0.103. The Bertz CT molecular complexity index is 150. The van der Waals surface area contributed by atoms with E-state index in [1.165, 1.54) is 0 Å². The number of hydrogen-bond donors (Lipinski definition) is 1. The smallest absolute Gasteiger partial charge is 0.0682 e. The van der Waals surface area contributed by atoms with Gasteiger partial charge >= 0.3 is 0 Å². The second kappa shape index (κ2) is 3.35. The molecular formula is C10H21NO. The SMILES string of the molecule is CC[C@H]1C[C@@H](O)CN1C(C)(C)C. The standard InChI is InChI=1S/C10H21NO/c1-5-8-6-9(12)7-11(8)10(2,3)4/h8-9,12H,5-7H2,1-4H3/t8-,9+/m0/s1. The van der Waals surface area contributed by atoms with E-state index in [-0.39, 0.29) is 11.6 Å². The molecule has 0 aromatic heterocycles. The average molecular weight is 171 g/mol. The molecule has 2 heteroatoms. The molecule has 1 aliphatic rings. The molecular weight excluding hydrogens is 150 g/mol. The second-order valence-electron chi connectivity index (χ2n) is 4.77. The number of nitrogens with zero attached hydrogens (tertiary/aromatic N) is 1. The Balaban J connectivity index is 2.64. The molecule has 1 heterocycles. The van der Waals surface area contributed by atoms with Crippen molar-refractivity contribution in [2.45, 2.75) is 58.2 Å². The highest BCUT2D eigenvalue weighted by Gasteiger charge is 2.35. The van der Waals surface area contributed by atoms with Gasteiger partial charge in [0.05, 0.1) is 6.10 Å². The zero-order valence-electron chi connectivity index (χ0n) is 8.67. The van der Waals surface area contributed by atoms with Crippen molar-refractivity contribution in [3.8, 4) is 0 Å². The summed E-state index contributed by atoms with van der Waals surface area (Å²) in [7, 11) is 0. The fourth-order valence-electron chi connectivity index (χ4n) is 2.10. The van der Waals surface area contributed by atoms with Crippen LogP contribution < -0.4 is 0 Å². The van der Waals surface area contributed by atoms with Crippen LogP contribution in [0.25, 0.3) is 0 Å². The first-order valence-corrected chi connectivity index (χ1v) is 4.90. The number of rotatable bonds is 1. The number of aliphatic hydroxyl groups excluding tert-OH is 1. The summed E-state index contributed by atoms with van der Waals surface area (Å²) in [6, 6.07) is 0.583. The summed E-state index contributed by atoms with van der Waals surface area (Å²) in [5, 5.41) is 9.52. The van der Waals surface area contributed by atoms with Gasteiger partial charge in [-0.25, -0.2) is 0 Å². The number of hydrogen-bond acceptors (Lipinski definition) is 2. The van der Waals surface area contributed by atoms with Gasteiger partial charge in [-0.1, -0.05) is 6.92 Å². The predicted octanol–water partition coefficient (Wildman–Crippen LogP) is 1.63. The van der Waals surface area contributed by atoms with Crippen molar-refractivity contribution in [2.75, 3.05) is 6.54 Å². The highest BCUT2D eigenvalue weighted by atomic mass is 16.3. The Labute approximate surface area is 75.6 Å². The van der Waals surface area contributed by atoms with Crippen molar-refractivity contribution in [3.05, 3.63) is 0 Å². The number of likely N-dealkylation sites (tertiary alicyclic amines) is 1. The minimum atomic E-state index is -0.103. The van der Waals surface area contributed by atoms with Crippen LogP contribution in [0.5, 0.6) is 0 Å². The monoisotopic (exact) mass is 171 g/mol. The normalized spacial score (nSPS) is 32.8. The van der Waals surface area contributed by atoms with Crippen LogP contribution in [0.15, 0.2) is 0 Å². The van der Waals surface area contributed by atoms with Crippen LogP contribution in [0.2, 0.25) is 0 Å². The molecule has 1 N–H and O–H groups in total. The Morgan fingerprint density at radius 1 is 1.42 bits per heavy atom. The van der Waals surface area contributed by atoms with E-state index in [1.54, 1.807) is 0 Å². The van der Waals surface area contributed by atoms with Crippen molar-refractivity contribution in [1.82, 2.24) is 4.90 Å². The lowest BCUT2D eigenvalue weighted by atomic mass is 10.0. The van der Waals surface area contributed by atoms with Crippen LogP contribution in [-0.4, -0.2) is 34.2 Å². The van der Waals surface area contributed by atoms with Crippen molar-refractivity contribution >= 4 is 0 Å². The van der Waals surface area contributed by atoms with E-state index < -0.39 is 0 Å². The summed E-state index contributed by atoms with van der Waals surface area (Å²) in [5.41, 5.74) is 0.207. The van der Waals surface area contributed by atoms with Gasteiger partial charge in [0.15, 0.2) is 0 Å². The van der Waals surface area contributed by atoms with Crippen LogP contribution >= 0.6 is 0 Å². The molecule has 0 saturated carbocycles. The minimum Gasteiger partial charge on any atom is -0.392 e. The minimum absolute atomic E-state index is 0.103. The first-order chi connectivity index (χ1) is 5.45. The Morgan fingerprint density at radius 2 is 2.00 bits per heavy atom. The van der Waals surface area contributed by atoms with E-state index in [2.05, 4.69) is 32.6 Å². The van der Waals surface area contributed by atoms with E-state index in [4.69, 9.17) is 0 Å². The summed E-state index contributed by atoms with van der Waals surface area (Å²) < 4.78 is 0. The van der Waals surface area contributed by atoms with Crippen LogP contribution in [-0.2, 0) is 0 Å². The molecule has 0 radical (unpaired) electrons. The predicted molar refractivity (Wildman–Crippen MR) is 51.2 cm³/mol. The van der Waals surface area contributed by atoms with Gasteiger partial charge in [0.1, 0.15) is 0 Å². The zero-order valence-corrected chi connectivity index (χ0v) is 8.67. The fraction of sp³-hybridized carbons (Fsp3) is 1.00. The topological polar surface area (TPSA) is 23.5 Å². The maximum Gasteiger partial charge on any atom is 0.0682 e. The molecule has 2 nitrogen and oxygen atoms in total. The molecule has 72 valence electrons. The molecule has 0 amide bonds. The summed E-state index contributed by atoms with van der Waals surface area (Å²) in [4.78, 5) is 2.41. The molecule has 0 aliphatic carbocycles. The fourth-order valence-corrected chi connectivity index (χ4v) is 2.10. The summed E-state index contributed by atoms with van der Waals surface area (Å²) >= 11 is 0. The quantitative estimate of drug-likeness (QED) is 0.648. The maximum atomic E-state index is 9.52. The van der Waals surface area contributed by atoms with Crippen molar-refractivity contribution in [3.63, 3.8) is 0 Å². The Hall–Kier alpha value is -0.0800. The maximum absolute atomic E-state index is 9.52. The molecule has 0 aromatic rings. The van der Waals surface area contributed by atoms with Crippen LogP contribution in [0.3, 0.4) is 0 Å². The van der Waals surface area contributed by atoms with Crippen LogP contribution in [0, 0.1) is 0 Å². The molecule has 2 atom stereocenters. The van der Waals surface area contributed by atoms with E-state index >= 15 is 0 Å². The molecule has 1 fully saturated rings. The van der Waals surface area contributed by atoms with Crippen molar-refractivity contribution in [2.24, 2.45) is 0 Å². The Morgan fingerprint density at radius 3 is 2.33 bits per heavy atom. The molecule has 0 spiro atoms. The highest BCUT2D eigenvalue weighted by molar-refractivity contribution is 4.91. The molecule has 1 aliphatic heterocycles. The lowest BCUT2D eigenvalue weighted by Crippen LogP contribution is -2.44. The van der Waals surface area contributed by atoms with Gasteiger partial charge < -0.3 is 5.11 Å². The number of β-amino-alcohol motifs (C(OH)–C–C–N with tert-alkyl or cyclic N) is 1. The van der Waals surface area contributed by atoms with Gasteiger partial charge in [-0.05, 0) is 33.6 Å². The van der Waals surface area contributed by atoms with Gasteiger partial charge in [-0.15, -0.1) is 0 Å². The molecule has 0 bridgehead atoms. The van der Waals surface area contributed by atoms with Gasteiger partial charge in [0.25, 0.3) is 0 Å². The average Bonchev–Trinajstić information content (AvgIpc) is 2.29. The summed E-state index contributed by atoms with van der Waals surface area (Å²) in [5.74, 6) is 0. The zero-order chi connectivity index (χ0) is 9.35. The molecule has 1 saturated heterocycles. The van der Waals surface area contributed by atoms with E-state index in [0.717, 1.165) is 19.4 Å². The van der Waals surface area contributed by atoms with E-state index in [9.17, 15) is 5.11 Å². The summed E-state index contributed by atoms with van der Waals surface area (Å²) in [6.45, 7) is 9.69. The first kappa shape index (κ1) is 10.0. The van der Waals surface area contributed by atoms with Gasteiger partial charge in [0.2, 0.25) is 0 Å². The lowest BCUT2D eigenvalue weighted by Gasteiger charge is -2.36. The molecule has 0 unspecified atom stereocenters. The van der Waals surface area contributed by atoms with Crippen molar-refractivity contribution < 1.29 is 5.11 Å². The molecule has 12 heavy (non-hydrogen) atoms. The largest absolute Gasteiger partial charge is 0.392 e. The third-order valence-corrected chi connectivity index (χ3v) is 2.73.